The second-order valence-electron chi connectivity index (χ2n) is 4.62. The predicted octanol–water partition coefficient (Wildman–Crippen LogP) is 2.36. The Morgan fingerprint density at radius 1 is 1.38 bits per heavy atom. The van der Waals surface area contributed by atoms with Crippen LogP contribution in [0.3, 0.4) is 0 Å². The number of hydrogen-bond donors (Lipinski definition) is 0. The van der Waals surface area contributed by atoms with Gasteiger partial charge in [-0.1, -0.05) is 25.5 Å². The van der Waals surface area contributed by atoms with E-state index < -0.39 is 0 Å². The summed E-state index contributed by atoms with van der Waals surface area (Å²) >= 11 is 0. The zero-order chi connectivity index (χ0) is 11.7. The molecule has 1 aromatic carbocycles. The van der Waals surface area contributed by atoms with Crippen LogP contribution in [0.15, 0.2) is 29.3 Å². The van der Waals surface area contributed by atoms with E-state index in [-0.39, 0.29) is 5.56 Å². The highest BCUT2D eigenvalue weighted by molar-refractivity contribution is 5.77. The van der Waals surface area contributed by atoms with Gasteiger partial charge in [0.05, 0.1) is 17.2 Å². The van der Waals surface area contributed by atoms with Crippen molar-refractivity contribution in [1.82, 2.24) is 9.55 Å². The van der Waals surface area contributed by atoms with Crippen molar-refractivity contribution in [3.63, 3.8) is 0 Å². The summed E-state index contributed by atoms with van der Waals surface area (Å²) in [6.07, 6.45) is 1.64. The van der Waals surface area contributed by atoms with Gasteiger partial charge in [0.15, 0.2) is 0 Å². The zero-order valence-electron chi connectivity index (χ0n) is 9.90. The highest BCUT2D eigenvalue weighted by Crippen LogP contribution is 2.09. The van der Waals surface area contributed by atoms with Crippen LogP contribution in [-0.4, -0.2) is 9.55 Å². The molecule has 0 saturated carbocycles. The summed E-state index contributed by atoms with van der Waals surface area (Å²) in [5, 5.41) is 0.711. The average molecular weight is 216 g/mol. The molecule has 0 bridgehead atoms. The Kier molecular flexibility index (Phi) is 2.77. The lowest BCUT2D eigenvalue weighted by Crippen LogP contribution is -2.22. The SMILES string of the molecule is Cc1ccc2ncn(CC(C)C)c(=O)c2c1. The molecule has 0 N–H and O–H groups in total. The Morgan fingerprint density at radius 3 is 2.81 bits per heavy atom. The van der Waals surface area contributed by atoms with E-state index in [1.54, 1.807) is 10.9 Å². The minimum absolute atomic E-state index is 0.0578. The molecule has 1 heterocycles. The molecular formula is C13H16N2O. The summed E-state index contributed by atoms with van der Waals surface area (Å²) in [7, 11) is 0. The van der Waals surface area contributed by atoms with Gasteiger partial charge in [-0.2, -0.15) is 0 Å². The number of benzene rings is 1. The van der Waals surface area contributed by atoms with Crippen molar-refractivity contribution in [2.75, 3.05) is 0 Å². The molecule has 0 unspecified atom stereocenters. The van der Waals surface area contributed by atoms with Gasteiger partial charge in [-0.3, -0.25) is 9.36 Å². The van der Waals surface area contributed by atoms with Crippen LogP contribution in [0, 0.1) is 12.8 Å². The summed E-state index contributed by atoms with van der Waals surface area (Å²) in [5.74, 6) is 0.446. The second kappa shape index (κ2) is 4.08. The van der Waals surface area contributed by atoms with E-state index in [9.17, 15) is 4.79 Å². The molecule has 84 valence electrons. The van der Waals surface area contributed by atoms with E-state index in [1.165, 1.54) is 0 Å². The van der Waals surface area contributed by atoms with E-state index in [0.29, 0.717) is 11.3 Å². The highest BCUT2D eigenvalue weighted by atomic mass is 16.1. The van der Waals surface area contributed by atoms with Crippen molar-refractivity contribution in [3.8, 4) is 0 Å². The van der Waals surface area contributed by atoms with Crippen LogP contribution < -0.4 is 5.56 Å². The highest BCUT2D eigenvalue weighted by Gasteiger charge is 2.05. The maximum Gasteiger partial charge on any atom is 0.261 e. The molecule has 0 saturated heterocycles. The monoisotopic (exact) mass is 216 g/mol. The summed E-state index contributed by atoms with van der Waals surface area (Å²) in [4.78, 5) is 16.4. The molecule has 0 aliphatic heterocycles. The lowest BCUT2D eigenvalue weighted by atomic mass is 10.1. The van der Waals surface area contributed by atoms with E-state index in [4.69, 9.17) is 0 Å². The van der Waals surface area contributed by atoms with Crippen molar-refractivity contribution in [3.05, 3.63) is 40.4 Å². The summed E-state index contributed by atoms with van der Waals surface area (Å²) in [6.45, 7) is 6.88. The van der Waals surface area contributed by atoms with Crippen molar-refractivity contribution >= 4 is 10.9 Å². The molecule has 3 heteroatoms. The largest absolute Gasteiger partial charge is 0.298 e. The molecule has 16 heavy (non-hydrogen) atoms. The topological polar surface area (TPSA) is 34.9 Å². The number of aryl methyl sites for hydroxylation is 1. The predicted molar refractivity (Wildman–Crippen MR) is 65.6 cm³/mol. The van der Waals surface area contributed by atoms with Crippen molar-refractivity contribution in [2.45, 2.75) is 27.3 Å². The lowest BCUT2D eigenvalue weighted by Gasteiger charge is -2.08. The Balaban J connectivity index is 2.64. The molecule has 1 aromatic heterocycles. The molecule has 0 amide bonds. The van der Waals surface area contributed by atoms with Crippen molar-refractivity contribution in [2.24, 2.45) is 5.92 Å². The molecule has 0 atom stereocenters. The minimum atomic E-state index is 0.0578. The molecule has 3 nitrogen and oxygen atoms in total. The molecule has 0 aliphatic carbocycles. The molecule has 0 aliphatic rings. The Hall–Kier alpha value is -1.64. The van der Waals surface area contributed by atoms with Crippen molar-refractivity contribution in [1.29, 1.82) is 0 Å². The second-order valence-corrected chi connectivity index (χ2v) is 4.62. The van der Waals surface area contributed by atoms with Crippen LogP contribution in [0.4, 0.5) is 0 Å². The number of rotatable bonds is 2. The van der Waals surface area contributed by atoms with Gasteiger partial charge in [0.1, 0.15) is 0 Å². The number of nitrogens with zero attached hydrogens (tertiary/aromatic N) is 2. The zero-order valence-corrected chi connectivity index (χ0v) is 9.90. The van der Waals surface area contributed by atoms with Gasteiger partial charge in [-0.05, 0) is 25.0 Å². The molecule has 2 aromatic rings. The number of fused-ring (bicyclic) bond motifs is 1. The Morgan fingerprint density at radius 2 is 2.12 bits per heavy atom. The molecule has 0 fully saturated rings. The smallest absolute Gasteiger partial charge is 0.261 e. The third-order valence-electron chi connectivity index (χ3n) is 2.54. The molecule has 0 radical (unpaired) electrons. The van der Waals surface area contributed by atoms with E-state index in [0.717, 1.165) is 17.6 Å². The van der Waals surface area contributed by atoms with E-state index in [2.05, 4.69) is 18.8 Å². The third-order valence-corrected chi connectivity index (χ3v) is 2.54. The van der Waals surface area contributed by atoms with Crippen LogP contribution in [-0.2, 0) is 6.54 Å². The number of aromatic nitrogens is 2. The van der Waals surface area contributed by atoms with Gasteiger partial charge < -0.3 is 0 Å². The van der Waals surface area contributed by atoms with Crippen LogP contribution in [0.2, 0.25) is 0 Å². The fourth-order valence-corrected chi connectivity index (χ4v) is 1.80. The van der Waals surface area contributed by atoms with Gasteiger partial charge in [0, 0.05) is 6.54 Å². The first kappa shape index (κ1) is 10.9. The first-order chi connectivity index (χ1) is 7.58. The van der Waals surface area contributed by atoms with Gasteiger partial charge in [0.2, 0.25) is 0 Å². The van der Waals surface area contributed by atoms with Crippen LogP contribution in [0.25, 0.3) is 10.9 Å². The molecule has 2 rings (SSSR count). The maximum absolute atomic E-state index is 12.1. The van der Waals surface area contributed by atoms with E-state index in [1.807, 2.05) is 25.1 Å². The molecular weight excluding hydrogens is 200 g/mol. The summed E-state index contributed by atoms with van der Waals surface area (Å²) in [6, 6.07) is 5.77. The van der Waals surface area contributed by atoms with Crippen molar-refractivity contribution < 1.29 is 0 Å². The quantitative estimate of drug-likeness (QED) is 0.772. The summed E-state index contributed by atoms with van der Waals surface area (Å²) in [5.41, 5.74) is 1.92. The molecule has 0 spiro atoms. The third kappa shape index (κ3) is 1.98. The summed E-state index contributed by atoms with van der Waals surface area (Å²) < 4.78 is 1.69. The van der Waals surface area contributed by atoms with Crippen LogP contribution >= 0.6 is 0 Å². The lowest BCUT2D eigenvalue weighted by molar-refractivity contribution is 0.508. The average Bonchev–Trinajstić information content (AvgIpc) is 2.22. The standard InChI is InChI=1S/C13H16N2O/c1-9(2)7-15-8-14-12-5-4-10(3)6-11(12)13(15)16/h4-6,8-9H,7H2,1-3H3. The number of hydrogen-bond acceptors (Lipinski definition) is 2. The fourth-order valence-electron chi connectivity index (χ4n) is 1.80. The maximum atomic E-state index is 12.1. The normalized spacial score (nSPS) is 11.2. The Labute approximate surface area is 94.7 Å². The van der Waals surface area contributed by atoms with Crippen LogP contribution in [0.5, 0.6) is 0 Å². The van der Waals surface area contributed by atoms with Crippen LogP contribution in [0.1, 0.15) is 19.4 Å². The first-order valence-corrected chi connectivity index (χ1v) is 5.53. The Bertz CT molecular complexity index is 570. The van der Waals surface area contributed by atoms with Gasteiger partial charge >= 0.3 is 0 Å². The fraction of sp³-hybridized carbons (Fsp3) is 0.385. The first-order valence-electron chi connectivity index (χ1n) is 5.53. The van der Waals surface area contributed by atoms with E-state index >= 15 is 0 Å². The van der Waals surface area contributed by atoms with Gasteiger partial charge in [-0.25, -0.2) is 4.98 Å². The van der Waals surface area contributed by atoms with Gasteiger partial charge in [-0.15, -0.1) is 0 Å². The van der Waals surface area contributed by atoms with Gasteiger partial charge in [0.25, 0.3) is 5.56 Å². The minimum Gasteiger partial charge on any atom is -0.298 e.